The molecule has 0 radical (unpaired) electrons. The van der Waals surface area contributed by atoms with Crippen LogP contribution in [0.2, 0.25) is 0 Å². The summed E-state index contributed by atoms with van der Waals surface area (Å²) in [7, 11) is 1.56. The highest BCUT2D eigenvalue weighted by molar-refractivity contribution is 5.85. The third-order valence-electron chi connectivity index (χ3n) is 3.00. The van der Waals surface area contributed by atoms with Gasteiger partial charge in [-0.25, -0.2) is 4.79 Å². The van der Waals surface area contributed by atoms with E-state index in [1.54, 1.807) is 25.3 Å². The Bertz CT molecular complexity index is 863. The van der Waals surface area contributed by atoms with Crippen LogP contribution in [0.15, 0.2) is 32.2 Å². The van der Waals surface area contributed by atoms with E-state index in [-0.39, 0.29) is 11.5 Å². The predicted octanol–water partition coefficient (Wildman–Crippen LogP) is 1.30. The van der Waals surface area contributed by atoms with Crippen LogP contribution in [0.25, 0.3) is 22.4 Å². The molecule has 96 valence electrons. The number of fused-ring (bicyclic) bond motifs is 2. The molecule has 0 spiro atoms. The fraction of sp³-hybridized carbons (Fsp3) is 0.154. The number of aryl methyl sites for hydroxylation is 1. The number of rotatable bonds is 1. The molecule has 6 heteroatoms. The minimum absolute atomic E-state index is 0.0256. The summed E-state index contributed by atoms with van der Waals surface area (Å²) in [5, 5.41) is 0.747. The summed E-state index contributed by atoms with van der Waals surface area (Å²) in [6, 6.07) is 5.23. The number of nitrogens with one attached hydrogen (secondary N) is 1. The summed E-state index contributed by atoms with van der Waals surface area (Å²) >= 11 is 0. The molecule has 0 aliphatic carbocycles. The first kappa shape index (κ1) is 11.5. The minimum atomic E-state index is -0.721. The van der Waals surface area contributed by atoms with E-state index in [0.29, 0.717) is 11.3 Å². The van der Waals surface area contributed by atoms with Crippen molar-refractivity contribution in [2.75, 3.05) is 7.11 Å². The highest BCUT2D eigenvalue weighted by Crippen LogP contribution is 2.30. The molecule has 0 amide bonds. The lowest BCUT2D eigenvalue weighted by atomic mass is 10.1. The van der Waals surface area contributed by atoms with Crippen LogP contribution in [-0.4, -0.2) is 17.1 Å². The maximum absolute atomic E-state index is 11.7. The molecule has 0 fully saturated rings. The standard InChI is InChI=1S/C13H10N2O4/c1-6-9(18-2)4-3-7-5-8-11(16)14-13(17)15-12(8)19-10(6)7/h3-5H,1-2H3,(H,14,16,17). The van der Waals surface area contributed by atoms with Gasteiger partial charge < -0.3 is 9.15 Å². The Morgan fingerprint density at radius 3 is 2.84 bits per heavy atom. The van der Waals surface area contributed by atoms with E-state index in [0.717, 1.165) is 10.9 Å². The summed E-state index contributed by atoms with van der Waals surface area (Å²) in [5.74, 6) is 0.695. The first-order chi connectivity index (χ1) is 9.10. The average Bonchev–Trinajstić information content (AvgIpc) is 2.38. The summed E-state index contributed by atoms with van der Waals surface area (Å²) < 4.78 is 10.8. The molecule has 2 aliphatic rings. The van der Waals surface area contributed by atoms with Gasteiger partial charge in [0, 0.05) is 10.9 Å². The van der Waals surface area contributed by atoms with Crippen molar-refractivity contribution in [3.05, 3.63) is 44.6 Å². The van der Waals surface area contributed by atoms with Gasteiger partial charge in [-0.15, -0.1) is 0 Å². The monoisotopic (exact) mass is 258 g/mol. The SMILES string of the molecule is COc1ccc2cc3c(=O)[nH]c(=O)nc-3oc2c1C. The quantitative estimate of drug-likeness (QED) is 0.665. The Morgan fingerprint density at radius 1 is 1.32 bits per heavy atom. The molecule has 0 unspecified atom stereocenters. The van der Waals surface area contributed by atoms with E-state index >= 15 is 0 Å². The number of ether oxygens (including phenoxy) is 1. The second-order valence-electron chi connectivity index (χ2n) is 4.15. The molecule has 2 heterocycles. The Hall–Kier alpha value is -2.63. The summed E-state index contributed by atoms with van der Waals surface area (Å²) in [5.41, 5.74) is 0.354. The largest absolute Gasteiger partial charge is 0.496 e. The molecule has 1 aromatic rings. The molecule has 0 aromatic heterocycles. The lowest BCUT2D eigenvalue weighted by Crippen LogP contribution is -2.24. The lowest BCUT2D eigenvalue weighted by Gasteiger charge is -2.09. The number of hydrogen-bond donors (Lipinski definition) is 1. The molecular formula is C13H10N2O4. The van der Waals surface area contributed by atoms with Crippen LogP contribution in [0.4, 0.5) is 0 Å². The number of aromatic nitrogens is 2. The molecule has 1 N–H and O–H groups in total. The van der Waals surface area contributed by atoms with E-state index < -0.39 is 11.2 Å². The average molecular weight is 258 g/mol. The minimum Gasteiger partial charge on any atom is -0.496 e. The maximum Gasteiger partial charge on any atom is 0.351 e. The zero-order valence-electron chi connectivity index (χ0n) is 10.3. The van der Waals surface area contributed by atoms with Crippen molar-refractivity contribution in [2.24, 2.45) is 0 Å². The molecule has 2 aliphatic heterocycles. The summed E-state index contributed by atoms with van der Waals surface area (Å²) in [4.78, 5) is 28.6. The van der Waals surface area contributed by atoms with Gasteiger partial charge in [-0.05, 0) is 25.1 Å². The first-order valence-corrected chi connectivity index (χ1v) is 5.61. The van der Waals surface area contributed by atoms with Gasteiger partial charge in [0.25, 0.3) is 5.56 Å². The van der Waals surface area contributed by atoms with Gasteiger partial charge in [0.15, 0.2) is 0 Å². The van der Waals surface area contributed by atoms with E-state index in [2.05, 4.69) is 9.97 Å². The van der Waals surface area contributed by atoms with Gasteiger partial charge in [0.05, 0.1) is 7.11 Å². The van der Waals surface area contributed by atoms with Crippen molar-refractivity contribution in [3.8, 4) is 17.2 Å². The van der Waals surface area contributed by atoms with Gasteiger partial charge in [0.1, 0.15) is 16.9 Å². The molecule has 0 bridgehead atoms. The smallest absolute Gasteiger partial charge is 0.351 e. The fourth-order valence-electron chi connectivity index (χ4n) is 2.06. The van der Waals surface area contributed by atoms with Crippen LogP contribution >= 0.6 is 0 Å². The molecule has 19 heavy (non-hydrogen) atoms. The number of hydrogen-bond acceptors (Lipinski definition) is 5. The van der Waals surface area contributed by atoms with Crippen LogP contribution in [0.5, 0.6) is 5.75 Å². The normalized spacial score (nSPS) is 11.1. The predicted molar refractivity (Wildman–Crippen MR) is 68.8 cm³/mol. The molecule has 0 atom stereocenters. The lowest BCUT2D eigenvalue weighted by molar-refractivity contribution is 0.411. The Kier molecular flexibility index (Phi) is 2.38. The molecular weight excluding hydrogens is 248 g/mol. The van der Waals surface area contributed by atoms with E-state index in [1.165, 1.54) is 0 Å². The van der Waals surface area contributed by atoms with Crippen molar-refractivity contribution < 1.29 is 9.15 Å². The van der Waals surface area contributed by atoms with Crippen LogP contribution < -0.4 is 16.0 Å². The number of aromatic amines is 1. The van der Waals surface area contributed by atoms with Gasteiger partial charge in [0.2, 0.25) is 5.89 Å². The van der Waals surface area contributed by atoms with Crippen molar-refractivity contribution in [3.63, 3.8) is 0 Å². The molecule has 0 saturated carbocycles. The van der Waals surface area contributed by atoms with E-state index in [1.807, 2.05) is 6.92 Å². The third kappa shape index (κ3) is 1.69. The highest BCUT2D eigenvalue weighted by atomic mass is 16.5. The van der Waals surface area contributed by atoms with Crippen molar-refractivity contribution >= 4 is 11.0 Å². The molecule has 6 nitrogen and oxygen atoms in total. The molecule has 0 saturated heterocycles. The third-order valence-corrected chi connectivity index (χ3v) is 3.00. The van der Waals surface area contributed by atoms with Crippen LogP contribution in [-0.2, 0) is 0 Å². The number of methoxy groups -OCH3 is 1. The fourth-order valence-corrected chi connectivity index (χ4v) is 2.06. The van der Waals surface area contributed by atoms with Gasteiger partial charge in [-0.1, -0.05) is 0 Å². The molecule has 3 rings (SSSR count). The summed E-state index contributed by atoms with van der Waals surface area (Å²) in [6.07, 6.45) is 0. The second-order valence-corrected chi connectivity index (χ2v) is 4.15. The van der Waals surface area contributed by atoms with Crippen molar-refractivity contribution in [1.82, 2.24) is 9.97 Å². The van der Waals surface area contributed by atoms with E-state index in [4.69, 9.17) is 9.15 Å². The Morgan fingerprint density at radius 2 is 2.11 bits per heavy atom. The van der Waals surface area contributed by atoms with Gasteiger partial charge in [-0.2, -0.15) is 4.98 Å². The van der Waals surface area contributed by atoms with Crippen LogP contribution in [0.1, 0.15) is 5.56 Å². The van der Waals surface area contributed by atoms with Crippen molar-refractivity contribution in [2.45, 2.75) is 6.92 Å². The second kappa shape index (κ2) is 3.94. The van der Waals surface area contributed by atoms with Crippen LogP contribution in [0.3, 0.4) is 0 Å². The Balaban J connectivity index is 2.50. The first-order valence-electron chi connectivity index (χ1n) is 5.61. The topological polar surface area (TPSA) is 85.2 Å². The van der Waals surface area contributed by atoms with Crippen molar-refractivity contribution in [1.29, 1.82) is 0 Å². The number of nitrogens with zero attached hydrogens (tertiary/aromatic N) is 1. The van der Waals surface area contributed by atoms with Gasteiger partial charge in [-0.3, -0.25) is 9.78 Å². The number of H-pyrrole nitrogens is 1. The number of benzene rings is 1. The highest BCUT2D eigenvalue weighted by Gasteiger charge is 2.16. The van der Waals surface area contributed by atoms with Crippen LogP contribution in [0, 0.1) is 6.92 Å². The Labute approximate surface area is 107 Å². The summed E-state index contributed by atoms with van der Waals surface area (Å²) in [6.45, 7) is 1.84. The zero-order valence-corrected chi connectivity index (χ0v) is 10.3. The van der Waals surface area contributed by atoms with Gasteiger partial charge >= 0.3 is 5.69 Å². The zero-order chi connectivity index (χ0) is 13.6. The molecule has 1 aromatic carbocycles. The maximum atomic E-state index is 11.7. The van der Waals surface area contributed by atoms with E-state index in [9.17, 15) is 9.59 Å².